The summed E-state index contributed by atoms with van der Waals surface area (Å²) in [6, 6.07) is 12.8. The minimum absolute atomic E-state index is 0.230. The Hall–Kier alpha value is -1.10. The zero-order valence-corrected chi connectivity index (χ0v) is 13.4. The van der Waals surface area contributed by atoms with Crippen molar-refractivity contribution in [1.82, 2.24) is 4.31 Å². The summed E-state index contributed by atoms with van der Waals surface area (Å²) in [4.78, 5) is 0.316. The molecule has 0 fully saturated rings. The number of fused-ring (bicyclic) bond motifs is 1. The van der Waals surface area contributed by atoms with Crippen molar-refractivity contribution in [1.29, 1.82) is 0 Å². The summed E-state index contributed by atoms with van der Waals surface area (Å²) in [6.45, 7) is 3.62. The molecule has 0 unspecified atom stereocenters. The second kappa shape index (κ2) is 5.35. The third-order valence-corrected chi connectivity index (χ3v) is 6.35. The zero-order chi connectivity index (χ0) is 15.0. The summed E-state index contributed by atoms with van der Waals surface area (Å²) in [5, 5.41) is 1.64. The predicted molar refractivity (Wildman–Crippen MR) is 83.7 cm³/mol. The van der Waals surface area contributed by atoms with Crippen LogP contribution in [0.15, 0.2) is 47.4 Å². The summed E-state index contributed by atoms with van der Waals surface area (Å²) in [7, 11) is -2.02. The second-order valence-corrected chi connectivity index (χ2v) is 7.60. The molecule has 0 heterocycles. The van der Waals surface area contributed by atoms with Gasteiger partial charge >= 0.3 is 0 Å². The van der Waals surface area contributed by atoms with E-state index in [1.807, 2.05) is 44.2 Å². The Morgan fingerprint density at radius 3 is 2.35 bits per heavy atom. The topological polar surface area (TPSA) is 37.4 Å². The van der Waals surface area contributed by atoms with Gasteiger partial charge in [-0.05, 0) is 25.3 Å². The fourth-order valence-electron chi connectivity index (χ4n) is 1.98. The third-order valence-electron chi connectivity index (χ3n) is 3.57. The molecule has 0 bridgehead atoms. The average Bonchev–Trinajstić information content (AvgIpc) is 2.45. The molecule has 0 aromatic heterocycles. The van der Waals surface area contributed by atoms with Gasteiger partial charge in [-0.1, -0.05) is 36.4 Å². The van der Waals surface area contributed by atoms with E-state index in [4.69, 9.17) is 11.6 Å². The Morgan fingerprint density at radius 2 is 1.70 bits per heavy atom. The van der Waals surface area contributed by atoms with Crippen molar-refractivity contribution >= 4 is 32.4 Å². The quantitative estimate of drug-likeness (QED) is 0.811. The highest BCUT2D eigenvalue weighted by molar-refractivity contribution is 7.89. The molecule has 0 amide bonds. The van der Waals surface area contributed by atoms with E-state index >= 15 is 0 Å². The smallest absolute Gasteiger partial charge is 0.207 e. The van der Waals surface area contributed by atoms with Gasteiger partial charge in [-0.15, -0.1) is 11.6 Å². The van der Waals surface area contributed by atoms with Crippen LogP contribution in [-0.2, 0) is 10.0 Å². The van der Waals surface area contributed by atoms with Crippen LogP contribution in [0.25, 0.3) is 10.8 Å². The molecule has 0 aliphatic heterocycles. The van der Waals surface area contributed by atoms with Crippen molar-refractivity contribution in [2.24, 2.45) is 0 Å². The molecule has 108 valence electrons. The monoisotopic (exact) mass is 311 g/mol. The Balaban J connectivity index is 2.64. The molecular formula is C15H18ClNO2S. The third kappa shape index (κ3) is 2.55. The van der Waals surface area contributed by atoms with Crippen molar-refractivity contribution < 1.29 is 8.42 Å². The van der Waals surface area contributed by atoms with E-state index < -0.39 is 15.6 Å². The van der Waals surface area contributed by atoms with E-state index in [-0.39, 0.29) is 5.88 Å². The first-order valence-electron chi connectivity index (χ1n) is 6.33. The molecule has 2 aromatic rings. The van der Waals surface area contributed by atoms with Crippen LogP contribution in [0.5, 0.6) is 0 Å². The lowest BCUT2D eigenvalue weighted by Gasteiger charge is -2.33. The lowest BCUT2D eigenvalue weighted by Crippen LogP contribution is -2.46. The summed E-state index contributed by atoms with van der Waals surface area (Å²) >= 11 is 5.89. The highest BCUT2D eigenvalue weighted by atomic mass is 35.5. The van der Waals surface area contributed by atoms with Gasteiger partial charge < -0.3 is 0 Å². The molecule has 2 rings (SSSR count). The number of halogens is 1. The van der Waals surface area contributed by atoms with Crippen LogP contribution in [0, 0.1) is 0 Å². The molecule has 3 nitrogen and oxygen atoms in total. The van der Waals surface area contributed by atoms with Crippen LogP contribution in [0.2, 0.25) is 0 Å². The fourth-order valence-corrected chi connectivity index (χ4v) is 3.95. The Bertz CT molecular complexity index is 720. The maximum Gasteiger partial charge on any atom is 0.243 e. The van der Waals surface area contributed by atoms with E-state index in [0.717, 1.165) is 10.8 Å². The summed E-state index contributed by atoms with van der Waals surface area (Å²) in [5.41, 5.74) is -0.642. The molecule has 0 saturated carbocycles. The van der Waals surface area contributed by atoms with Crippen LogP contribution in [-0.4, -0.2) is 31.2 Å². The Kier molecular flexibility index (Phi) is 4.09. The minimum Gasteiger partial charge on any atom is -0.207 e. The first-order chi connectivity index (χ1) is 9.30. The summed E-state index contributed by atoms with van der Waals surface area (Å²) in [5.74, 6) is 0.230. The largest absolute Gasteiger partial charge is 0.243 e. The average molecular weight is 312 g/mol. The predicted octanol–water partition coefficient (Wildman–Crippen LogP) is 3.48. The number of hydrogen-bond acceptors (Lipinski definition) is 2. The summed E-state index contributed by atoms with van der Waals surface area (Å²) in [6.07, 6.45) is 0. The number of hydrogen-bond donors (Lipinski definition) is 0. The second-order valence-electron chi connectivity index (χ2n) is 5.40. The van der Waals surface area contributed by atoms with Gasteiger partial charge in [0.05, 0.1) is 4.90 Å². The lowest BCUT2D eigenvalue weighted by molar-refractivity contribution is 0.296. The Morgan fingerprint density at radius 1 is 1.10 bits per heavy atom. The molecule has 0 aliphatic carbocycles. The van der Waals surface area contributed by atoms with Gasteiger partial charge in [0.1, 0.15) is 0 Å². The van der Waals surface area contributed by atoms with Gasteiger partial charge in [0, 0.05) is 23.9 Å². The number of nitrogens with zero attached hydrogens (tertiary/aromatic N) is 1. The highest BCUT2D eigenvalue weighted by Crippen LogP contribution is 2.29. The Labute approximate surface area is 125 Å². The maximum absolute atomic E-state index is 12.8. The van der Waals surface area contributed by atoms with Crippen LogP contribution in [0.3, 0.4) is 0 Å². The van der Waals surface area contributed by atoms with E-state index in [2.05, 4.69) is 0 Å². The van der Waals surface area contributed by atoms with Gasteiger partial charge in [-0.2, -0.15) is 4.31 Å². The van der Waals surface area contributed by atoms with Gasteiger partial charge in [0.2, 0.25) is 10.0 Å². The number of rotatable bonds is 4. The molecule has 5 heteroatoms. The number of sulfonamides is 1. The van der Waals surface area contributed by atoms with Crippen LogP contribution >= 0.6 is 11.6 Å². The van der Waals surface area contributed by atoms with Crippen LogP contribution in [0.4, 0.5) is 0 Å². The molecule has 0 aliphatic rings. The number of alkyl halides is 1. The molecule has 2 aromatic carbocycles. The van der Waals surface area contributed by atoms with E-state index in [0.29, 0.717) is 4.90 Å². The van der Waals surface area contributed by atoms with Crippen LogP contribution in [0.1, 0.15) is 13.8 Å². The van der Waals surface area contributed by atoms with Crippen molar-refractivity contribution in [2.45, 2.75) is 24.3 Å². The number of benzene rings is 2. The minimum atomic E-state index is -3.59. The van der Waals surface area contributed by atoms with Crippen LogP contribution < -0.4 is 0 Å². The molecule has 0 radical (unpaired) electrons. The molecular weight excluding hydrogens is 294 g/mol. The van der Waals surface area contributed by atoms with Crippen molar-refractivity contribution in [3.8, 4) is 0 Å². The molecule has 0 atom stereocenters. The molecule has 20 heavy (non-hydrogen) atoms. The lowest BCUT2D eigenvalue weighted by atomic mass is 10.1. The van der Waals surface area contributed by atoms with Crippen molar-refractivity contribution in [3.63, 3.8) is 0 Å². The van der Waals surface area contributed by atoms with Crippen molar-refractivity contribution in [2.75, 3.05) is 12.9 Å². The molecule has 0 spiro atoms. The van der Waals surface area contributed by atoms with Gasteiger partial charge in [-0.25, -0.2) is 8.42 Å². The zero-order valence-electron chi connectivity index (χ0n) is 11.8. The van der Waals surface area contributed by atoms with E-state index in [1.165, 1.54) is 4.31 Å². The molecule has 0 N–H and O–H groups in total. The fraction of sp³-hybridized carbons (Fsp3) is 0.333. The van der Waals surface area contributed by atoms with E-state index in [1.54, 1.807) is 19.2 Å². The normalized spacial score (nSPS) is 13.1. The standard InChI is InChI=1S/C15H18ClNO2S/c1-15(2,11-16)17(3)20(18,19)14-10-6-8-12-7-4-5-9-13(12)14/h4-10H,11H2,1-3H3. The first-order valence-corrected chi connectivity index (χ1v) is 8.31. The molecule has 0 saturated heterocycles. The maximum atomic E-state index is 12.8. The summed E-state index contributed by atoms with van der Waals surface area (Å²) < 4.78 is 27.0. The van der Waals surface area contributed by atoms with Crippen molar-refractivity contribution in [3.05, 3.63) is 42.5 Å². The van der Waals surface area contributed by atoms with Gasteiger partial charge in [0.15, 0.2) is 0 Å². The SMILES string of the molecule is CN(C(C)(C)CCl)S(=O)(=O)c1cccc2ccccc12. The van der Waals surface area contributed by atoms with E-state index in [9.17, 15) is 8.42 Å². The van der Waals surface area contributed by atoms with Gasteiger partial charge in [-0.3, -0.25) is 0 Å². The van der Waals surface area contributed by atoms with Gasteiger partial charge in [0.25, 0.3) is 0 Å². The first kappa shape index (κ1) is 15.3. The highest BCUT2D eigenvalue weighted by Gasteiger charge is 2.34.